The number of halogens is 2. The molecule has 0 saturated heterocycles. The van der Waals surface area contributed by atoms with Crippen molar-refractivity contribution in [2.45, 2.75) is 60.8 Å². The van der Waals surface area contributed by atoms with Crippen LogP contribution in [0.25, 0.3) is 0 Å². The van der Waals surface area contributed by atoms with Crippen molar-refractivity contribution in [3.63, 3.8) is 0 Å². The molecule has 0 nitrogen and oxygen atoms in total. The number of rotatable bonds is 1. The second-order valence-electron chi connectivity index (χ2n) is 5.04. The summed E-state index contributed by atoms with van der Waals surface area (Å²) >= 11 is 0. The summed E-state index contributed by atoms with van der Waals surface area (Å²) in [5.74, 6) is -2.71. The highest BCUT2D eigenvalue weighted by Crippen LogP contribution is 2.42. The SMILES string of the molecule is CC.CC1=CC(C)(C)CC(C)=C1C(C)(F)F. The average Bonchev–Trinajstić information content (AvgIpc) is 2.00. The van der Waals surface area contributed by atoms with Crippen LogP contribution in [0.1, 0.15) is 54.9 Å². The van der Waals surface area contributed by atoms with Crippen LogP contribution in [-0.2, 0) is 0 Å². The van der Waals surface area contributed by atoms with Crippen molar-refractivity contribution in [2.24, 2.45) is 5.41 Å². The highest BCUT2D eigenvalue weighted by atomic mass is 19.3. The molecular formula is C14H24F2. The van der Waals surface area contributed by atoms with Gasteiger partial charge in [-0.15, -0.1) is 0 Å². The Morgan fingerprint density at radius 1 is 1.19 bits per heavy atom. The van der Waals surface area contributed by atoms with Crippen molar-refractivity contribution in [3.8, 4) is 0 Å². The quantitative estimate of drug-likeness (QED) is 0.568. The molecule has 0 fully saturated rings. The molecule has 0 radical (unpaired) electrons. The number of allylic oxidation sites excluding steroid dienone is 4. The Kier molecular flexibility index (Phi) is 4.90. The molecule has 0 unspecified atom stereocenters. The van der Waals surface area contributed by atoms with Crippen LogP contribution in [0.5, 0.6) is 0 Å². The van der Waals surface area contributed by atoms with Gasteiger partial charge in [0.05, 0.1) is 0 Å². The summed E-state index contributed by atoms with van der Waals surface area (Å²) in [5.41, 5.74) is 1.80. The fourth-order valence-corrected chi connectivity index (χ4v) is 2.54. The Morgan fingerprint density at radius 3 is 1.94 bits per heavy atom. The van der Waals surface area contributed by atoms with Gasteiger partial charge >= 0.3 is 0 Å². The van der Waals surface area contributed by atoms with E-state index in [0.29, 0.717) is 0 Å². The van der Waals surface area contributed by atoms with Crippen LogP contribution in [0, 0.1) is 5.41 Å². The molecule has 0 atom stereocenters. The molecule has 0 saturated carbocycles. The molecule has 0 aromatic rings. The molecule has 0 N–H and O–H groups in total. The normalized spacial score (nSPS) is 19.9. The summed E-state index contributed by atoms with van der Waals surface area (Å²) in [6.45, 7) is 12.7. The van der Waals surface area contributed by atoms with Gasteiger partial charge in [-0.05, 0) is 31.3 Å². The molecular weight excluding hydrogens is 206 g/mol. The largest absolute Gasteiger partial charge is 0.270 e. The average molecular weight is 230 g/mol. The molecule has 16 heavy (non-hydrogen) atoms. The molecule has 0 heterocycles. The maximum absolute atomic E-state index is 13.3. The highest BCUT2D eigenvalue weighted by Gasteiger charge is 2.35. The molecule has 0 amide bonds. The van der Waals surface area contributed by atoms with Crippen LogP contribution in [0.2, 0.25) is 0 Å². The summed E-state index contributed by atoms with van der Waals surface area (Å²) in [5, 5.41) is 0. The topological polar surface area (TPSA) is 0 Å². The zero-order valence-electron chi connectivity index (χ0n) is 11.5. The van der Waals surface area contributed by atoms with Crippen LogP contribution < -0.4 is 0 Å². The first kappa shape index (κ1) is 15.3. The summed E-state index contributed by atoms with van der Waals surface area (Å²) in [6.07, 6.45) is 2.68. The first-order valence-electron chi connectivity index (χ1n) is 5.91. The number of hydrogen-bond acceptors (Lipinski definition) is 0. The third-order valence-corrected chi connectivity index (χ3v) is 2.59. The minimum Gasteiger partial charge on any atom is -0.202 e. The maximum Gasteiger partial charge on any atom is 0.270 e. The summed E-state index contributed by atoms with van der Waals surface area (Å²) < 4.78 is 26.5. The van der Waals surface area contributed by atoms with Crippen molar-refractivity contribution in [1.29, 1.82) is 0 Å². The molecule has 2 heteroatoms. The lowest BCUT2D eigenvalue weighted by Gasteiger charge is -2.31. The Balaban J connectivity index is 0.00000106. The van der Waals surface area contributed by atoms with E-state index in [1.165, 1.54) is 0 Å². The first-order chi connectivity index (χ1) is 7.13. The summed E-state index contributed by atoms with van der Waals surface area (Å²) in [4.78, 5) is 0. The van der Waals surface area contributed by atoms with Gasteiger partial charge in [0, 0.05) is 12.5 Å². The number of alkyl halides is 2. The lowest BCUT2D eigenvalue weighted by atomic mass is 9.75. The number of hydrogen-bond donors (Lipinski definition) is 0. The van der Waals surface area contributed by atoms with E-state index in [-0.39, 0.29) is 11.0 Å². The van der Waals surface area contributed by atoms with Crippen molar-refractivity contribution < 1.29 is 8.78 Å². The van der Waals surface area contributed by atoms with Crippen LogP contribution >= 0.6 is 0 Å². The van der Waals surface area contributed by atoms with Gasteiger partial charge in [0.15, 0.2) is 0 Å². The van der Waals surface area contributed by atoms with Gasteiger partial charge in [0.1, 0.15) is 0 Å². The van der Waals surface area contributed by atoms with Crippen LogP contribution in [0.15, 0.2) is 22.8 Å². The third kappa shape index (κ3) is 3.73. The Bertz CT molecular complexity index is 301. The van der Waals surface area contributed by atoms with Gasteiger partial charge in [-0.3, -0.25) is 0 Å². The lowest BCUT2D eigenvalue weighted by molar-refractivity contribution is 0.0634. The van der Waals surface area contributed by atoms with E-state index in [1.807, 2.05) is 26.8 Å². The molecule has 0 spiro atoms. The van der Waals surface area contributed by atoms with E-state index in [1.54, 1.807) is 6.92 Å². The Labute approximate surface area is 98.4 Å². The second kappa shape index (κ2) is 5.11. The molecule has 94 valence electrons. The van der Waals surface area contributed by atoms with Crippen molar-refractivity contribution in [3.05, 3.63) is 22.8 Å². The molecule has 1 aliphatic rings. The van der Waals surface area contributed by atoms with E-state index in [9.17, 15) is 8.78 Å². The van der Waals surface area contributed by atoms with Crippen molar-refractivity contribution in [1.82, 2.24) is 0 Å². The molecule has 0 bridgehead atoms. The zero-order valence-corrected chi connectivity index (χ0v) is 11.5. The molecule has 1 aliphatic carbocycles. The highest BCUT2D eigenvalue weighted by molar-refractivity contribution is 5.42. The molecule has 0 aromatic heterocycles. The van der Waals surface area contributed by atoms with Crippen molar-refractivity contribution >= 4 is 0 Å². The predicted molar refractivity (Wildman–Crippen MR) is 66.8 cm³/mol. The zero-order chi connectivity index (χ0) is 13.1. The third-order valence-electron chi connectivity index (χ3n) is 2.59. The smallest absolute Gasteiger partial charge is 0.202 e. The van der Waals surface area contributed by atoms with Crippen LogP contribution in [0.3, 0.4) is 0 Å². The van der Waals surface area contributed by atoms with Gasteiger partial charge < -0.3 is 0 Å². The van der Waals surface area contributed by atoms with Crippen LogP contribution in [-0.4, -0.2) is 5.92 Å². The van der Waals surface area contributed by atoms with E-state index in [0.717, 1.165) is 24.5 Å². The lowest BCUT2D eigenvalue weighted by Crippen LogP contribution is -2.23. The molecule has 1 rings (SSSR count). The van der Waals surface area contributed by atoms with E-state index in [4.69, 9.17) is 0 Å². The fourth-order valence-electron chi connectivity index (χ4n) is 2.54. The summed E-state index contributed by atoms with van der Waals surface area (Å²) in [6, 6.07) is 0. The monoisotopic (exact) mass is 230 g/mol. The minimum atomic E-state index is -2.71. The van der Waals surface area contributed by atoms with Crippen molar-refractivity contribution in [2.75, 3.05) is 0 Å². The van der Waals surface area contributed by atoms with E-state index < -0.39 is 5.92 Å². The summed E-state index contributed by atoms with van der Waals surface area (Å²) in [7, 11) is 0. The van der Waals surface area contributed by atoms with Gasteiger partial charge in [-0.2, -0.15) is 0 Å². The van der Waals surface area contributed by atoms with Gasteiger partial charge in [-0.1, -0.05) is 39.3 Å². The standard InChI is InChI=1S/C12H18F2.C2H6/c1-8-6-11(3,4)7-9(2)10(8)12(5,13)14;1-2/h6H,7H2,1-5H3;1-2H3. The van der Waals surface area contributed by atoms with Crippen LogP contribution in [0.4, 0.5) is 8.78 Å². The van der Waals surface area contributed by atoms with E-state index in [2.05, 4.69) is 13.8 Å². The van der Waals surface area contributed by atoms with Gasteiger partial charge in [0.25, 0.3) is 5.92 Å². The Hall–Kier alpha value is -0.660. The van der Waals surface area contributed by atoms with Gasteiger partial charge in [-0.25, -0.2) is 8.78 Å². The maximum atomic E-state index is 13.3. The fraction of sp³-hybridized carbons (Fsp3) is 0.714. The van der Waals surface area contributed by atoms with Gasteiger partial charge in [0.2, 0.25) is 0 Å². The Morgan fingerprint density at radius 2 is 1.62 bits per heavy atom. The molecule has 0 aliphatic heterocycles. The molecule has 0 aromatic carbocycles. The second-order valence-corrected chi connectivity index (χ2v) is 5.04. The van der Waals surface area contributed by atoms with E-state index >= 15 is 0 Å². The minimum absolute atomic E-state index is 0.0168. The first-order valence-corrected chi connectivity index (χ1v) is 5.91. The predicted octanol–water partition coefficient (Wildman–Crippen LogP) is 5.36.